The molecule has 0 aromatic heterocycles. The number of aliphatic carboxylic acids is 1. The highest BCUT2D eigenvalue weighted by molar-refractivity contribution is 8.01. The minimum Gasteiger partial charge on any atom is -0.481 e. The van der Waals surface area contributed by atoms with Crippen LogP contribution in [0.1, 0.15) is 18.4 Å². The number of hydrogen-bond acceptors (Lipinski definition) is 3. The predicted octanol–water partition coefficient (Wildman–Crippen LogP) is 3.25. The molecule has 1 saturated carbocycles. The Bertz CT molecular complexity index is 425. The lowest BCUT2D eigenvalue weighted by Crippen LogP contribution is -2.19. The minimum atomic E-state index is -0.684. The van der Waals surface area contributed by atoms with E-state index in [1.165, 1.54) is 9.79 Å². The van der Waals surface area contributed by atoms with Crippen LogP contribution >= 0.6 is 23.5 Å². The van der Waals surface area contributed by atoms with E-state index in [1.54, 1.807) is 23.5 Å². The molecule has 1 fully saturated rings. The molecule has 0 heterocycles. The third kappa shape index (κ3) is 1.84. The molecule has 1 N–H and O–H groups in total. The fourth-order valence-corrected chi connectivity index (χ4v) is 3.36. The van der Waals surface area contributed by atoms with E-state index in [0.29, 0.717) is 0 Å². The second kappa shape index (κ2) is 4.34. The third-order valence-corrected chi connectivity index (χ3v) is 4.80. The number of carbonyl (C=O) groups is 1. The SMILES string of the molecule is CSc1ccc(C2(C(=O)O)CC2)cc1SC. The van der Waals surface area contributed by atoms with E-state index in [4.69, 9.17) is 0 Å². The first-order valence-electron chi connectivity index (χ1n) is 5.10. The molecular formula is C12H14O2S2. The first-order chi connectivity index (χ1) is 7.64. The minimum absolute atomic E-state index is 0.582. The first-order valence-corrected chi connectivity index (χ1v) is 7.55. The molecule has 0 atom stereocenters. The second-order valence-corrected chi connectivity index (χ2v) is 5.65. The molecule has 0 bridgehead atoms. The quantitative estimate of drug-likeness (QED) is 0.837. The monoisotopic (exact) mass is 254 g/mol. The van der Waals surface area contributed by atoms with Crippen molar-refractivity contribution < 1.29 is 9.90 Å². The summed E-state index contributed by atoms with van der Waals surface area (Å²) >= 11 is 3.38. The van der Waals surface area contributed by atoms with E-state index >= 15 is 0 Å². The van der Waals surface area contributed by atoms with Gasteiger partial charge in [0, 0.05) is 9.79 Å². The average Bonchev–Trinajstić information content (AvgIpc) is 3.09. The van der Waals surface area contributed by atoms with Gasteiger partial charge in [-0.3, -0.25) is 4.79 Å². The molecule has 0 amide bonds. The normalized spacial score (nSPS) is 17.1. The Morgan fingerprint density at radius 1 is 1.25 bits per heavy atom. The lowest BCUT2D eigenvalue weighted by atomic mass is 9.96. The van der Waals surface area contributed by atoms with Crippen LogP contribution in [0.15, 0.2) is 28.0 Å². The zero-order chi connectivity index (χ0) is 11.8. The largest absolute Gasteiger partial charge is 0.481 e. The van der Waals surface area contributed by atoms with Crippen molar-refractivity contribution in [1.29, 1.82) is 0 Å². The average molecular weight is 254 g/mol. The van der Waals surface area contributed by atoms with Crippen LogP contribution in [0.5, 0.6) is 0 Å². The van der Waals surface area contributed by atoms with Gasteiger partial charge in [-0.2, -0.15) is 0 Å². The molecule has 0 radical (unpaired) electrons. The van der Waals surface area contributed by atoms with Gasteiger partial charge in [0.2, 0.25) is 0 Å². The Morgan fingerprint density at radius 3 is 2.31 bits per heavy atom. The van der Waals surface area contributed by atoms with E-state index in [-0.39, 0.29) is 0 Å². The molecule has 0 aliphatic heterocycles. The molecule has 0 spiro atoms. The molecule has 86 valence electrons. The lowest BCUT2D eigenvalue weighted by Gasteiger charge is -2.13. The van der Waals surface area contributed by atoms with Crippen molar-refractivity contribution in [2.24, 2.45) is 0 Å². The van der Waals surface area contributed by atoms with E-state index in [9.17, 15) is 9.90 Å². The molecule has 16 heavy (non-hydrogen) atoms. The maximum Gasteiger partial charge on any atom is 0.314 e. The van der Waals surface area contributed by atoms with Gasteiger partial charge in [0.1, 0.15) is 0 Å². The van der Waals surface area contributed by atoms with Crippen molar-refractivity contribution in [3.63, 3.8) is 0 Å². The highest BCUT2D eigenvalue weighted by Gasteiger charge is 2.51. The van der Waals surface area contributed by atoms with Gasteiger partial charge in [0.25, 0.3) is 0 Å². The number of thioether (sulfide) groups is 2. The van der Waals surface area contributed by atoms with E-state index < -0.39 is 11.4 Å². The summed E-state index contributed by atoms with van der Waals surface area (Å²) in [5.74, 6) is -0.684. The van der Waals surface area contributed by atoms with Crippen molar-refractivity contribution in [2.45, 2.75) is 28.0 Å². The zero-order valence-corrected chi connectivity index (χ0v) is 11.0. The topological polar surface area (TPSA) is 37.3 Å². The molecule has 2 rings (SSSR count). The number of benzene rings is 1. The molecule has 1 aliphatic carbocycles. The molecule has 1 aromatic carbocycles. The Balaban J connectivity index is 2.40. The Morgan fingerprint density at radius 2 is 1.88 bits per heavy atom. The van der Waals surface area contributed by atoms with Crippen molar-refractivity contribution in [3.8, 4) is 0 Å². The fourth-order valence-electron chi connectivity index (χ4n) is 1.88. The Labute approximate surface area is 104 Å². The van der Waals surface area contributed by atoms with Crippen molar-refractivity contribution in [3.05, 3.63) is 23.8 Å². The van der Waals surface area contributed by atoms with Crippen LogP contribution in [-0.4, -0.2) is 23.6 Å². The van der Waals surface area contributed by atoms with Gasteiger partial charge in [-0.1, -0.05) is 6.07 Å². The second-order valence-electron chi connectivity index (χ2n) is 3.96. The lowest BCUT2D eigenvalue weighted by molar-refractivity contribution is -0.140. The number of hydrogen-bond donors (Lipinski definition) is 1. The van der Waals surface area contributed by atoms with Gasteiger partial charge >= 0.3 is 5.97 Å². The number of rotatable bonds is 4. The molecular weight excluding hydrogens is 240 g/mol. The van der Waals surface area contributed by atoms with Crippen LogP contribution in [0, 0.1) is 0 Å². The van der Waals surface area contributed by atoms with Crippen LogP contribution in [0.4, 0.5) is 0 Å². The van der Waals surface area contributed by atoms with Crippen molar-refractivity contribution in [1.82, 2.24) is 0 Å². The maximum atomic E-state index is 11.2. The summed E-state index contributed by atoms with van der Waals surface area (Å²) in [6.07, 6.45) is 5.61. The van der Waals surface area contributed by atoms with Crippen LogP contribution < -0.4 is 0 Å². The van der Waals surface area contributed by atoms with Gasteiger partial charge < -0.3 is 5.11 Å². The van der Waals surface area contributed by atoms with E-state index in [0.717, 1.165) is 18.4 Å². The van der Waals surface area contributed by atoms with Crippen LogP contribution in [-0.2, 0) is 10.2 Å². The molecule has 1 aromatic rings. The highest BCUT2D eigenvalue weighted by Crippen LogP contribution is 2.49. The van der Waals surface area contributed by atoms with Gasteiger partial charge in [-0.15, -0.1) is 23.5 Å². The standard InChI is InChI=1S/C12H14O2S2/c1-15-9-4-3-8(7-10(9)16-2)12(5-6-12)11(13)14/h3-4,7H,5-6H2,1-2H3,(H,13,14). The summed E-state index contributed by atoms with van der Waals surface area (Å²) in [5, 5.41) is 9.24. The van der Waals surface area contributed by atoms with Crippen LogP contribution in [0.25, 0.3) is 0 Å². The van der Waals surface area contributed by atoms with E-state index in [2.05, 4.69) is 0 Å². The van der Waals surface area contributed by atoms with Crippen LogP contribution in [0.3, 0.4) is 0 Å². The summed E-state index contributed by atoms with van der Waals surface area (Å²) < 4.78 is 0. The molecule has 2 nitrogen and oxygen atoms in total. The van der Waals surface area contributed by atoms with Gasteiger partial charge in [-0.05, 0) is 43.0 Å². The Hall–Kier alpha value is -0.610. The Kier molecular flexibility index (Phi) is 3.22. The van der Waals surface area contributed by atoms with E-state index in [1.807, 2.05) is 30.7 Å². The maximum absolute atomic E-state index is 11.2. The summed E-state index contributed by atoms with van der Waals surface area (Å²) in [6, 6.07) is 6.04. The van der Waals surface area contributed by atoms with Crippen molar-refractivity contribution >= 4 is 29.5 Å². The first kappa shape index (κ1) is 11.9. The third-order valence-electron chi connectivity index (χ3n) is 3.10. The smallest absolute Gasteiger partial charge is 0.314 e. The van der Waals surface area contributed by atoms with Gasteiger partial charge in [0.05, 0.1) is 5.41 Å². The molecule has 0 unspecified atom stereocenters. The van der Waals surface area contributed by atoms with Gasteiger partial charge in [0.15, 0.2) is 0 Å². The summed E-state index contributed by atoms with van der Waals surface area (Å²) in [6.45, 7) is 0. The van der Waals surface area contributed by atoms with Crippen molar-refractivity contribution in [2.75, 3.05) is 12.5 Å². The number of carboxylic acid groups (broad SMARTS) is 1. The highest BCUT2D eigenvalue weighted by atomic mass is 32.2. The summed E-state index contributed by atoms with van der Waals surface area (Å²) in [7, 11) is 0. The summed E-state index contributed by atoms with van der Waals surface area (Å²) in [4.78, 5) is 13.6. The number of carboxylic acids is 1. The fraction of sp³-hybridized carbons (Fsp3) is 0.417. The van der Waals surface area contributed by atoms with Gasteiger partial charge in [-0.25, -0.2) is 0 Å². The predicted molar refractivity (Wildman–Crippen MR) is 68.6 cm³/mol. The summed E-state index contributed by atoms with van der Waals surface area (Å²) in [5.41, 5.74) is 0.378. The molecule has 1 aliphatic rings. The molecule has 0 saturated heterocycles. The zero-order valence-electron chi connectivity index (χ0n) is 9.32. The molecule has 4 heteroatoms. The van der Waals surface area contributed by atoms with Crippen LogP contribution in [0.2, 0.25) is 0 Å².